The molecule has 6 heteroatoms. The van der Waals surface area contributed by atoms with Crippen LogP contribution in [0.3, 0.4) is 0 Å². The van der Waals surface area contributed by atoms with Gasteiger partial charge in [0.05, 0.1) is 23.0 Å². The van der Waals surface area contributed by atoms with E-state index in [1.807, 2.05) is 0 Å². The van der Waals surface area contributed by atoms with Crippen molar-refractivity contribution in [2.24, 2.45) is 11.8 Å². The summed E-state index contributed by atoms with van der Waals surface area (Å²) >= 11 is 0. The lowest BCUT2D eigenvalue weighted by Gasteiger charge is -2.37. The second kappa shape index (κ2) is 6.39. The molecule has 2 aliphatic carbocycles. The maximum Gasteiger partial charge on any atom is 0.338 e. The Kier molecular flexibility index (Phi) is 4.21. The van der Waals surface area contributed by atoms with Gasteiger partial charge in [-0.2, -0.15) is 0 Å². The predicted octanol–water partition coefficient (Wildman–Crippen LogP) is 3.23. The maximum atomic E-state index is 12.3. The third-order valence-corrected chi connectivity index (χ3v) is 6.09. The zero-order valence-electron chi connectivity index (χ0n) is 14.2. The van der Waals surface area contributed by atoms with E-state index < -0.39 is 11.9 Å². The molecule has 136 valence electrons. The summed E-state index contributed by atoms with van der Waals surface area (Å²) in [5.74, 6) is -1.49. The standard InChI is InChI=1S/C19H24O6/c20-16-10-5-1-3-7-14(10)24-18(22)12(16)9-13-17(21)11-6-2-4-8-15(11)25-19(13)23/h10-11,14-15,20-21H,1-9H2. The van der Waals surface area contributed by atoms with E-state index in [0.717, 1.165) is 51.4 Å². The number of carbonyl (C=O) groups is 2. The van der Waals surface area contributed by atoms with Gasteiger partial charge in [0.2, 0.25) is 0 Å². The first-order chi connectivity index (χ1) is 12.1. The minimum atomic E-state index is -0.584. The number of rotatable bonds is 2. The summed E-state index contributed by atoms with van der Waals surface area (Å²) in [6.07, 6.45) is 6.33. The molecule has 4 atom stereocenters. The van der Waals surface area contributed by atoms with Crippen LogP contribution in [-0.2, 0) is 19.1 Å². The average Bonchev–Trinajstić information content (AvgIpc) is 2.61. The minimum Gasteiger partial charge on any atom is -0.511 e. The fourth-order valence-electron chi connectivity index (χ4n) is 4.68. The van der Waals surface area contributed by atoms with Gasteiger partial charge >= 0.3 is 11.9 Å². The van der Waals surface area contributed by atoms with E-state index >= 15 is 0 Å². The van der Waals surface area contributed by atoms with E-state index in [9.17, 15) is 19.8 Å². The van der Waals surface area contributed by atoms with Crippen molar-refractivity contribution in [2.75, 3.05) is 0 Å². The van der Waals surface area contributed by atoms with Crippen molar-refractivity contribution in [3.63, 3.8) is 0 Å². The monoisotopic (exact) mass is 348 g/mol. The van der Waals surface area contributed by atoms with Crippen LogP contribution in [0.2, 0.25) is 0 Å². The lowest BCUT2D eigenvalue weighted by Crippen LogP contribution is -2.39. The quantitative estimate of drug-likeness (QED) is 0.744. The van der Waals surface area contributed by atoms with Gasteiger partial charge in [-0.3, -0.25) is 0 Å². The zero-order chi connectivity index (χ0) is 17.6. The van der Waals surface area contributed by atoms with Crippen LogP contribution in [0.4, 0.5) is 0 Å². The molecule has 6 nitrogen and oxygen atoms in total. The van der Waals surface area contributed by atoms with E-state index in [1.165, 1.54) is 0 Å². The van der Waals surface area contributed by atoms with Gasteiger partial charge < -0.3 is 19.7 Å². The van der Waals surface area contributed by atoms with E-state index in [-0.39, 0.29) is 53.1 Å². The van der Waals surface area contributed by atoms with Gasteiger partial charge in [-0.15, -0.1) is 0 Å². The molecule has 0 aromatic carbocycles. The van der Waals surface area contributed by atoms with Gasteiger partial charge in [0.25, 0.3) is 0 Å². The zero-order valence-corrected chi connectivity index (χ0v) is 14.2. The van der Waals surface area contributed by atoms with Crippen molar-refractivity contribution in [3.05, 3.63) is 22.7 Å². The number of ether oxygens (including phenoxy) is 2. The molecule has 0 amide bonds. The molecule has 4 rings (SSSR count). The van der Waals surface area contributed by atoms with Gasteiger partial charge in [0.1, 0.15) is 23.7 Å². The molecule has 0 bridgehead atoms. The van der Waals surface area contributed by atoms with Crippen LogP contribution in [0.1, 0.15) is 57.8 Å². The maximum absolute atomic E-state index is 12.3. The molecule has 0 spiro atoms. The smallest absolute Gasteiger partial charge is 0.338 e. The highest BCUT2D eigenvalue weighted by Gasteiger charge is 2.43. The lowest BCUT2D eigenvalue weighted by molar-refractivity contribution is -0.153. The molecule has 2 heterocycles. The molecule has 2 aliphatic heterocycles. The Morgan fingerprint density at radius 3 is 1.56 bits per heavy atom. The minimum absolute atomic E-state index is 0.0276. The summed E-state index contributed by atoms with van der Waals surface area (Å²) < 4.78 is 11.0. The lowest BCUT2D eigenvalue weighted by atomic mass is 9.79. The highest BCUT2D eigenvalue weighted by Crippen LogP contribution is 2.41. The van der Waals surface area contributed by atoms with E-state index in [0.29, 0.717) is 0 Å². The summed E-state index contributed by atoms with van der Waals surface area (Å²) in [7, 11) is 0. The molecule has 2 fully saturated rings. The number of carbonyl (C=O) groups excluding carboxylic acids is 2. The van der Waals surface area contributed by atoms with Gasteiger partial charge in [0, 0.05) is 6.42 Å². The fraction of sp³-hybridized carbons (Fsp3) is 0.684. The third kappa shape index (κ3) is 2.81. The number of esters is 2. The first kappa shape index (κ1) is 16.5. The average molecular weight is 348 g/mol. The predicted molar refractivity (Wildman–Crippen MR) is 87.6 cm³/mol. The van der Waals surface area contributed by atoms with Crippen LogP contribution in [-0.4, -0.2) is 34.4 Å². The SMILES string of the molecule is O=C1OC2CCCCC2C(O)=C1CC1=C(O)C2CCCCC2OC1=O. The molecule has 0 aromatic rings. The first-order valence-corrected chi connectivity index (χ1v) is 9.32. The summed E-state index contributed by atoms with van der Waals surface area (Å²) in [6, 6.07) is 0. The topological polar surface area (TPSA) is 93.1 Å². The van der Waals surface area contributed by atoms with Crippen molar-refractivity contribution < 1.29 is 29.3 Å². The summed E-state index contributed by atoms with van der Waals surface area (Å²) in [5, 5.41) is 21.2. The molecular weight excluding hydrogens is 324 g/mol. The molecule has 0 radical (unpaired) electrons. The van der Waals surface area contributed by atoms with E-state index in [1.54, 1.807) is 0 Å². The number of fused-ring (bicyclic) bond motifs is 2. The second-order valence-electron chi connectivity index (χ2n) is 7.57. The van der Waals surface area contributed by atoms with Crippen LogP contribution in [0.5, 0.6) is 0 Å². The van der Waals surface area contributed by atoms with E-state index in [2.05, 4.69) is 0 Å². The van der Waals surface area contributed by atoms with Crippen LogP contribution < -0.4 is 0 Å². The van der Waals surface area contributed by atoms with Gasteiger partial charge in [-0.25, -0.2) is 9.59 Å². The molecule has 2 N–H and O–H groups in total. The highest BCUT2D eigenvalue weighted by atomic mass is 16.6. The Labute approximate surface area is 146 Å². The Morgan fingerprint density at radius 2 is 1.12 bits per heavy atom. The van der Waals surface area contributed by atoms with Crippen molar-refractivity contribution >= 4 is 11.9 Å². The van der Waals surface area contributed by atoms with Gasteiger partial charge in [0.15, 0.2) is 0 Å². The highest BCUT2D eigenvalue weighted by molar-refractivity contribution is 5.96. The molecule has 4 aliphatic rings. The first-order valence-electron chi connectivity index (χ1n) is 9.32. The summed E-state index contributed by atoms with van der Waals surface area (Å²) in [4.78, 5) is 24.7. The summed E-state index contributed by atoms with van der Waals surface area (Å²) in [6.45, 7) is 0. The Hall–Kier alpha value is -1.98. The van der Waals surface area contributed by atoms with Crippen LogP contribution >= 0.6 is 0 Å². The molecular formula is C19H24O6. The Balaban J connectivity index is 1.63. The summed E-state index contributed by atoms with van der Waals surface area (Å²) in [5.41, 5.74) is 0.187. The number of aliphatic hydroxyl groups is 2. The van der Waals surface area contributed by atoms with Crippen LogP contribution in [0.15, 0.2) is 22.7 Å². The second-order valence-corrected chi connectivity index (χ2v) is 7.57. The molecule has 0 saturated heterocycles. The number of aliphatic hydroxyl groups excluding tert-OH is 2. The normalized spacial score (nSPS) is 35.7. The number of hydrogen-bond donors (Lipinski definition) is 2. The van der Waals surface area contributed by atoms with E-state index in [4.69, 9.17) is 9.47 Å². The van der Waals surface area contributed by atoms with Crippen molar-refractivity contribution in [1.82, 2.24) is 0 Å². The fourth-order valence-corrected chi connectivity index (χ4v) is 4.68. The van der Waals surface area contributed by atoms with Crippen molar-refractivity contribution in [1.29, 1.82) is 0 Å². The third-order valence-electron chi connectivity index (χ3n) is 6.09. The Bertz CT molecular complexity index is 605. The van der Waals surface area contributed by atoms with Crippen LogP contribution in [0.25, 0.3) is 0 Å². The van der Waals surface area contributed by atoms with Gasteiger partial charge in [-0.05, 0) is 38.5 Å². The molecule has 25 heavy (non-hydrogen) atoms. The van der Waals surface area contributed by atoms with Crippen molar-refractivity contribution in [3.8, 4) is 0 Å². The molecule has 2 saturated carbocycles. The van der Waals surface area contributed by atoms with Crippen LogP contribution in [0, 0.1) is 11.8 Å². The van der Waals surface area contributed by atoms with Gasteiger partial charge in [-0.1, -0.05) is 12.8 Å². The molecule has 0 aromatic heterocycles. The number of hydrogen-bond acceptors (Lipinski definition) is 6. The Morgan fingerprint density at radius 1 is 0.720 bits per heavy atom. The molecule has 4 unspecified atom stereocenters. The largest absolute Gasteiger partial charge is 0.511 e. The van der Waals surface area contributed by atoms with Crippen molar-refractivity contribution in [2.45, 2.75) is 70.0 Å².